The van der Waals surface area contributed by atoms with Crippen LogP contribution < -0.4 is 4.74 Å². The minimum Gasteiger partial charge on any atom is -0.497 e. The van der Waals surface area contributed by atoms with Gasteiger partial charge in [-0.1, -0.05) is 18.2 Å². The Kier molecular flexibility index (Phi) is 4.79. The van der Waals surface area contributed by atoms with Crippen LogP contribution in [0.15, 0.2) is 59.1 Å². The molecule has 7 nitrogen and oxygen atoms in total. The van der Waals surface area contributed by atoms with Gasteiger partial charge in [-0.15, -0.1) is 0 Å². The van der Waals surface area contributed by atoms with Crippen LogP contribution in [0, 0.1) is 0 Å². The number of ketones is 1. The molecule has 2 aromatic carbocycles. The Morgan fingerprint density at radius 2 is 1.57 bits per heavy atom. The third-order valence-corrected chi connectivity index (χ3v) is 5.46. The maximum absolute atomic E-state index is 13.4. The molecule has 150 valence electrons. The summed E-state index contributed by atoms with van der Waals surface area (Å²) in [6.07, 6.45) is 0. The van der Waals surface area contributed by atoms with Crippen molar-refractivity contribution in [1.82, 2.24) is 4.40 Å². The Balaban J connectivity index is 2.18. The van der Waals surface area contributed by atoms with Gasteiger partial charge in [0, 0.05) is 10.0 Å². The van der Waals surface area contributed by atoms with Crippen LogP contribution in [-0.2, 0) is 0 Å². The molecule has 0 saturated heterocycles. The molecule has 8 heteroatoms. The average molecular weight is 468 g/mol. The van der Waals surface area contributed by atoms with Crippen molar-refractivity contribution in [2.24, 2.45) is 0 Å². The van der Waals surface area contributed by atoms with Crippen LogP contribution >= 0.6 is 15.9 Å². The number of aromatic carboxylic acids is 2. The molecule has 0 saturated carbocycles. The molecule has 0 bridgehead atoms. The molecular formula is C22H14BrNO6. The molecule has 0 radical (unpaired) electrons. The minimum atomic E-state index is -1.50. The highest BCUT2D eigenvalue weighted by Crippen LogP contribution is 2.35. The number of carbonyl (C=O) groups excluding carboxylic acids is 1. The predicted octanol–water partition coefficient (Wildman–Crippen LogP) is 4.49. The van der Waals surface area contributed by atoms with Gasteiger partial charge in [0.2, 0.25) is 5.78 Å². The number of carboxylic acid groups (broad SMARTS) is 2. The van der Waals surface area contributed by atoms with Crippen LogP contribution in [-0.4, -0.2) is 39.4 Å². The zero-order chi connectivity index (χ0) is 21.6. The van der Waals surface area contributed by atoms with Crippen LogP contribution in [0.4, 0.5) is 0 Å². The zero-order valence-corrected chi connectivity index (χ0v) is 17.1. The lowest BCUT2D eigenvalue weighted by molar-refractivity contribution is 0.0652. The van der Waals surface area contributed by atoms with Crippen molar-refractivity contribution in [3.63, 3.8) is 0 Å². The largest absolute Gasteiger partial charge is 0.497 e. The molecule has 30 heavy (non-hydrogen) atoms. The molecule has 0 spiro atoms. The van der Waals surface area contributed by atoms with E-state index in [2.05, 4.69) is 15.9 Å². The highest BCUT2D eigenvalue weighted by molar-refractivity contribution is 9.10. The number of benzene rings is 2. The normalized spacial score (nSPS) is 11.0. The van der Waals surface area contributed by atoms with Gasteiger partial charge in [0.25, 0.3) is 0 Å². The van der Waals surface area contributed by atoms with Crippen LogP contribution in [0.2, 0.25) is 0 Å². The predicted molar refractivity (Wildman–Crippen MR) is 113 cm³/mol. The van der Waals surface area contributed by atoms with E-state index in [1.165, 1.54) is 23.6 Å². The molecule has 2 aromatic heterocycles. The highest BCUT2D eigenvalue weighted by atomic mass is 79.9. The number of carboxylic acids is 2. The molecular weight excluding hydrogens is 454 g/mol. The van der Waals surface area contributed by atoms with E-state index in [-0.39, 0.29) is 16.8 Å². The maximum Gasteiger partial charge on any atom is 0.338 e. The summed E-state index contributed by atoms with van der Waals surface area (Å²) in [6, 6.07) is 14.9. The van der Waals surface area contributed by atoms with Gasteiger partial charge in [0.15, 0.2) is 0 Å². The van der Waals surface area contributed by atoms with Crippen molar-refractivity contribution in [1.29, 1.82) is 0 Å². The summed E-state index contributed by atoms with van der Waals surface area (Å²) < 4.78 is 6.87. The number of pyridine rings is 1. The first-order valence-corrected chi connectivity index (χ1v) is 9.55. The quantitative estimate of drug-likeness (QED) is 0.418. The van der Waals surface area contributed by atoms with E-state index in [9.17, 15) is 24.6 Å². The molecule has 0 aliphatic carbocycles. The SMILES string of the molecule is COc1ccc(C(=O)c2c(C(=O)O)c(C(=O)O)c3c(Br)cc4ccccc4n23)cc1. The standard InChI is InChI=1S/C22H14BrNO6/c1-30-13-8-6-11(7-9-13)20(25)19-17(22(28)29)16(21(26)27)18-14(23)10-12-4-2-3-5-15(12)24(18)19/h2-10H,1H3,(H,26,27)(H,28,29). The molecule has 0 atom stereocenters. The fourth-order valence-electron chi connectivity index (χ4n) is 3.57. The number of ether oxygens (including phenoxy) is 1. The van der Waals surface area contributed by atoms with Crippen LogP contribution in [0.3, 0.4) is 0 Å². The van der Waals surface area contributed by atoms with Crippen LogP contribution in [0.1, 0.15) is 36.8 Å². The first-order valence-electron chi connectivity index (χ1n) is 8.76. The van der Waals surface area contributed by atoms with Crippen molar-refractivity contribution in [2.75, 3.05) is 7.11 Å². The third kappa shape index (κ3) is 2.93. The summed E-state index contributed by atoms with van der Waals surface area (Å²) in [6.45, 7) is 0. The van der Waals surface area contributed by atoms with Gasteiger partial charge in [-0.05, 0) is 57.7 Å². The Hall–Kier alpha value is -3.65. The number of hydrogen-bond donors (Lipinski definition) is 2. The second-order valence-electron chi connectivity index (χ2n) is 6.50. The van der Waals surface area contributed by atoms with Crippen molar-refractivity contribution in [3.8, 4) is 5.75 Å². The van der Waals surface area contributed by atoms with Crippen molar-refractivity contribution < 1.29 is 29.3 Å². The molecule has 2 N–H and O–H groups in total. The summed E-state index contributed by atoms with van der Waals surface area (Å²) >= 11 is 3.35. The number of para-hydroxylation sites is 1. The van der Waals surface area contributed by atoms with Crippen molar-refractivity contribution in [3.05, 3.63) is 81.5 Å². The van der Waals surface area contributed by atoms with Gasteiger partial charge in [-0.25, -0.2) is 9.59 Å². The molecule has 0 aliphatic rings. The number of carbonyl (C=O) groups is 3. The molecule has 0 unspecified atom stereocenters. The molecule has 4 aromatic rings. The Morgan fingerprint density at radius 3 is 2.17 bits per heavy atom. The van der Waals surface area contributed by atoms with E-state index in [0.717, 1.165) is 0 Å². The zero-order valence-electron chi connectivity index (χ0n) is 15.5. The van der Waals surface area contributed by atoms with Gasteiger partial charge in [-0.2, -0.15) is 0 Å². The second kappa shape index (κ2) is 7.31. The Bertz CT molecular complexity index is 1350. The molecule has 2 heterocycles. The smallest absolute Gasteiger partial charge is 0.338 e. The van der Waals surface area contributed by atoms with E-state index in [4.69, 9.17) is 4.74 Å². The van der Waals surface area contributed by atoms with Gasteiger partial charge < -0.3 is 19.4 Å². The number of methoxy groups -OCH3 is 1. The fourth-order valence-corrected chi connectivity index (χ4v) is 4.19. The number of halogens is 1. The summed E-state index contributed by atoms with van der Waals surface area (Å²) in [4.78, 5) is 37.6. The van der Waals surface area contributed by atoms with Gasteiger partial charge >= 0.3 is 11.9 Å². The number of hydrogen-bond acceptors (Lipinski definition) is 4. The Morgan fingerprint density at radius 1 is 0.933 bits per heavy atom. The summed E-state index contributed by atoms with van der Waals surface area (Å²) in [5.74, 6) is -3.01. The van der Waals surface area contributed by atoms with E-state index in [1.54, 1.807) is 42.5 Å². The molecule has 0 aliphatic heterocycles. The molecule has 0 fully saturated rings. The number of rotatable bonds is 5. The van der Waals surface area contributed by atoms with E-state index < -0.39 is 28.8 Å². The van der Waals surface area contributed by atoms with Gasteiger partial charge in [-0.3, -0.25) is 4.79 Å². The number of aromatic nitrogens is 1. The average Bonchev–Trinajstić information content (AvgIpc) is 3.11. The fraction of sp³-hybridized carbons (Fsp3) is 0.0455. The number of nitrogens with zero attached hydrogens (tertiary/aromatic N) is 1. The van der Waals surface area contributed by atoms with Gasteiger partial charge in [0.1, 0.15) is 22.6 Å². The lowest BCUT2D eigenvalue weighted by Gasteiger charge is -2.10. The van der Waals surface area contributed by atoms with Gasteiger partial charge in [0.05, 0.1) is 18.1 Å². The topological polar surface area (TPSA) is 105 Å². The monoisotopic (exact) mass is 467 g/mol. The minimum absolute atomic E-state index is 0.107. The second-order valence-corrected chi connectivity index (χ2v) is 7.36. The molecule has 0 amide bonds. The van der Waals surface area contributed by atoms with E-state index in [0.29, 0.717) is 21.1 Å². The Labute approximate surface area is 178 Å². The van der Waals surface area contributed by atoms with Crippen molar-refractivity contribution in [2.45, 2.75) is 0 Å². The van der Waals surface area contributed by atoms with E-state index in [1.807, 2.05) is 0 Å². The highest BCUT2D eigenvalue weighted by Gasteiger charge is 2.33. The summed E-state index contributed by atoms with van der Waals surface area (Å²) in [5, 5.41) is 20.4. The number of fused-ring (bicyclic) bond motifs is 3. The van der Waals surface area contributed by atoms with E-state index >= 15 is 0 Å². The van der Waals surface area contributed by atoms with Crippen LogP contribution in [0.5, 0.6) is 5.75 Å². The molecule has 4 rings (SSSR count). The summed E-state index contributed by atoms with van der Waals surface area (Å²) in [5.41, 5.74) is -0.397. The summed E-state index contributed by atoms with van der Waals surface area (Å²) in [7, 11) is 1.49. The van der Waals surface area contributed by atoms with Crippen LogP contribution in [0.25, 0.3) is 16.4 Å². The first kappa shape index (κ1) is 19.7. The van der Waals surface area contributed by atoms with Crippen molar-refractivity contribution >= 4 is 50.1 Å². The maximum atomic E-state index is 13.4. The lowest BCUT2D eigenvalue weighted by Crippen LogP contribution is -2.13. The first-order chi connectivity index (χ1) is 14.3. The lowest BCUT2D eigenvalue weighted by atomic mass is 10.0. The third-order valence-electron chi connectivity index (χ3n) is 4.85.